The minimum absolute atomic E-state index is 0. The van der Waals surface area contributed by atoms with Crippen molar-refractivity contribution in [2.75, 3.05) is 26.2 Å². The molecule has 1 aromatic rings. The van der Waals surface area contributed by atoms with Gasteiger partial charge in [0.2, 0.25) is 10.0 Å². The van der Waals surface area contributed by atoms with Crippen LogP contribution in [0.25, 0.3) is 0 Å². The molecular formula is C16H24ClN3O2S. The number of nitriles is 1. The van der Waals surface area contributed by atoms with E-state index in [1.54, 1.807) is 28.6 Å². The monoisotopic (exact) mass is 357 g/mol. The molecule has 0 atom stereocenters. The molecule has 7 heteroatoms. The largest absolute Gasteiger partial charge is 0.317 e. The Balaban J connectivity index is 0.00000264. The number of nitrogens with one attached hydrogen (secondary N) is 1. The second-order valence-corrected chi connectivity index (χ2v) is 7.69. The summed E-state index contributed by atoms with van der Waals surface area (Å²) in [6.45, 7) is 5.18. The molecule has 1 aliphatic heterocycles. The molecule has 1 N–H and O–H groups in total. The third kappa shape index (κ3) is 5.78. The van der Waals surface area contributed by atoms with E-state index in [2.05, 4.69) is 12.2 Å². The number of hydrogen-bond donors (Lipinski definition) is 1. The topological polar surface area (TPSA) is 73.2 Å². The molecule has 1 saturated heterocycles. The van der Waals surface area contributed by atoms with Gasteiger partial charge in [-0.3, -0.25) is 0 Å². The second kappa shape index (κ2) is 9.24. The zero-order chi connectivity index (χ0) is 16.0. The molecule has 5 nitrogen and oxygen atoms in total. The highest BCUT2D eigenvalue weighted by Gasteiger charge is 2.27. The summed E-state index contributed by atoms with van der Waals surface area (Å²) in [6.07, 6.45) is 1.81. The number of piperidine rings is 1. The molecule has 128 valence electrons. The Morgan fingerprint density at radius 1 is 1.35 bits per heavy atom. The maximum atomic E-state index is 12.5. The maximum absolute atomic E-state index is 12.5. The second-order valence-electron chi connectivity index (χ2n) is 5.72. The molecule has 0 spiro atoms. The van der Waals surface area contributed by atoms with Crippen LogP contribution >= 0.6 is 12.4 Å². The number of nitrogens with zero attached hydrogens (tertiary/aromatic N) is 2. The lowest BCUT2D eigenvalue weighted by molar-refractivity contribution is 0.268. The quantitative estimate of drug-likeness (QED) is 0.846. The van der Waals surface area contributed by atoms with E-state index in [4.69, 9.17) is 5.26 Å². The van der Waals surface area contributed by atoms with Gasteiger partial charge in [0, 0.05) is 13.1 Å². The molecular weight excluding hydrogens is 334 g/mol. The van der Waals surface area contributed by atoms with Gasteiger partial charge in [0.15, 0.2) is 0 Å². The summed E-state index contributed by atoms with van der Waals surface area (Å²) in [5.74, 6) is 0.536. The molecule has 0 bridgehead atoms. The maximum Gasteiger partial charge on any atom is 0.218 e. The first-order chi connectivity index (χ1) is 10.5. The summed E-state index contributed by atoms with van der Waals surface area (Å²) in [6, 6.07) is 8.86. The van der Waals surface area contributed by atoms with E-state index in [0.29, 0.717) is 30.1 Å². The predicted octanol–water partition coefficient (Wildman–Crippen LogP) is 2.13. The van der Waals surface area contributed by atoms with E-state index >= 15 is 0 Å². The first-order valence-electron chi connectivity index (χ1n) is 7.72. The molecule has 1 heterocycles. The van der Waals surface area contributed by atoms with Gasteiger partial charge in [-0.15, -0.1) is 12.4 Å². The molecule has 0 amide bonds. The normalized spacial score (nSPS) is 16.5. The highest BCUT2D eigenvalue weighted by Crippen LogP contribution is 2.21. The van der Waals surface area contributed by atoms with E-state index < -0.39 is 10.0 Å². The predicted molar refractivity (Wildman–Crippen MR) is 93.9 cm³/mol. The zero-order valence-corrected chi connectivity index (χ0v) is 15.0. The lowest BCUT2D eigenvalue weighted by Gasteiger charge is -2.31. The molecule has 1 aromatic carbocycles. The van der Waals surface area contributed by atoms with Crippen LogP contribution in [0, 0.1) is 17.2 Å². The summed E-state index contributed by atoms with van der Waals surface area (Å²) in [5.41, 5.74) is 1.17. The standard InChI is InChI=1S/C16H23N3O2S.ClH/c1-2-18-12-14-6-8-19(9-7-14)22(20,21)13-16-5-3-4-15(10-16)11-17;/h3-5,10,14,18H,2,6-9,12-13H2,1H3;1H. The van der Waals surface area contributed by atoms with Gasteiger partial charge in [0.05, 0.1) is 17.4 Å². The molecule has 0 aromatic heterocycles. The Bertz CT molecular complexity index is 635. The average molecular weight is 358 g/mol. The van der Waals surface area contributed by atoms with E-state index in [9.17, 15) is 8.42 Å². The third-order valence-corrected chi connectivity index (χ3v) is 5.91. The van der Waals surface area contributed by atoms with Crippen molar-refractivity contribution in [2.45, 2.75) is 25.5 Å². The van der Waals surface area contributed by atoms with Gasteiger partial charge in [0.1, 0.15) is 0 Å². The van der Waals surface area contributed by atoms with Gasteiger partial charge in [-0.05, 0) is 49.5 Å². The van der Waals surface area contributed by atoms with Crippen LogP contribution in [0.15, 0.2) is 24.3 Å². The summed E-state index contributed by atoms with van der Waals surface area (Å²) < 4.78 is 26.6. The van der Waals surface area contributed by atoms with E-state index in [1.807, 2.05) is 6.07 Å². The Morgan fingerprint density at radius 2 is 2.04 bits per heavy atom. The van der Waals surface area contributed by atoms with Crippen LogP contribution in [-0.4, -0.2) is 38.9 Å². The average Bonchev–Trinajstić information content (AvgIpc) is 2.53. The third-order valence-electron chi connectivity index (χ3n) is 4.06. The van der Waals surface area contributed by atoms with Crippen molar-refractivity contribution in [3.05, 3.63) is 35.4 Å². The van der Waals surface area contributed by atoms with Crippen LogP contribution in [0.4, 0.5) is 0 Å². The van der Waals surface area contributed by atoms with Crippen molar-refractivity contribution in [1.29, 1.82) is 5.26 Å². The number of rotatable bonds is 6. The van der Waals surface area contributed by atoms with Crippen molar-refractivity contribution in [2.24, 2.45) is 5.92 Å². The fraction of sp³-hybridized carbons (Fsp3) is 0.562. The first-order valence-corrected chi connectivity index (χ1v) is 9.33. The van der Waals surface area contributed by atoms with Gasteiger partial charge in [-0.1, -0.05) is 19.1 Å². The van der Waals surface area contributed by atoms with Gasteiger partial charge in [-0.25, -0.2) is 12.7 Å². The van der Waals surface area contributed by atoms with Gasteiger partial charge in [0.25, 0.3) is 0 Å². The lowest BCUT2D eigenvalue weighted by Crippen LogP contribution is -2.41. The first kappa shape index (κ1) is 19.9. The molecule has 1 fully saturated rings. The van der Waals surface area contributed by atoms with E-state index in [0.717, 1.165) is 25.9 Å². The van der Waals surface area contributed by atoms with E-state index in [-0.39, 0.29) is 18.2 Å². The SMILES string of the molecule is CCNCC1CCN(S(=O)(=O)Cc2cccc(C#N)c2)CC1.Cl. The number of sulfonamides is 1. The summed E-state index contributed by atoms with van der Waals surface area (Å²) in [4.78, 5) is 0. The molecule has 1 aliphatic rings. The molecule has 2 rings (SSSR count). The zero-order valence-electron chi connectivity index (χ0n) is 13.4. The highest BCUT2D eigenvalue weighted by molar-refractivity contribution is 7.88. The minimum atomic E-state index is -3.30. The van der Waals surface area contributed by atoms with Crippen LogP contribution in [0.1, 0.15) is 30.9 Å². The van der Waals surface area contributed by atoms with Crippen molar-refractivity contribution in [3.63, 3.8) is 0 Å². The summed E-state index contributed by atoms with van der Waals surface area (Å²) in [7, 11) is -3.30. The number of halogens is 1. The van der Waals surface area contributed by atoms with E-state index in [1.165, 1.54) is 0 Å². The Labute approximate surface area is 145 Å². The molecule has 0 saturated carbocycles. The molecule has 23 heavy (non-hydrogen) atoms. The van der Waals surface area contributed by atoms with Crippen molar-refractivity contribution in [1.82, 2.24) is 9.62 Å². The van der Waals surface area contributed by atoms with Crippen LogP contribution < -0.4 is 5.32 Å². The van der Waals surface area contributed by atoms with Crippen LogP contribution in [0.5, 0.6) is 0 Å². The molecule has 0 aliphatic carbocycles. The summed E-state index contributed by atoms with van der Waals surface area (Å²) >= 11 is 0. The fourth-order valence-electron chi connectivity index (χ4n) is 2.77. The minimum Gasteiger partial charge on any atom is -0.317 e. The molecule has 0 radical (unpaired) electrons. The Morgan fingerprint density at radius 3 is 2.65 bits per heavy atom. The highest BCUT2D eigenvalue weighted by atomic mass is 35.5. The smallest absolute Gasteiger partial charge is 0.218 e. The Hall–Kier alpha value is -1.13. The fourth-order valence-corrected chi connectivity index (χ4v) is 4.32. The van der Waals surface area contributed by atoms with Crippen LogP contribution in [0.2, 0.25) is 0 Å². The van der Waals surface area contributed by atoms with Crippen LogP contribution in [-0.2, 0) is 15.8 Å². The van der Waals surface area contributed by atoms with Crippen molar-refractivity contribution >= 4 is 22.4 Å². The van der Waals surface area contributed by atoms with Gasteiger partial charge >= 0.3 is 0 Å². The van der Waals surface area contributed by atoms with Gasteiger partial charge in [-0.2, -0.15) is 5.26 Å². The lowest BCUT2D eigenvalue weighted by atomic mass is 9.98. The Kier molecular flexibility index (Phi) is 8.00. The van der Waals surface area contributed by atoms with Crippen LogP contribution in [0.3, 0.4) is 0 Å². The van der Waals surface area contributed by atoms with Gasteiger partial charge < -0.3 is 5.32 Å². The summed E-state index contributed by atoms with van der Waals surface area (Å²) in [5, 5.41) is 12.2. The van der Waals surface area contributed by atoms with Crippen molar-refractivity contribution in [3.8, 4) is 6.07 Å². The number of benzene rings is 1. The number of hydrogen-bond acceptors (Lipinski definition) is 4. The van der Waals surface area contributed by atoms with Crippen molar-refractivity contribution < 1.29 is 8.42 Å². The molecule has 0 unspecified atom stereocenters.